The van der Waals surface area contributed by atoms with Crippen LogP contribution in [0.4, 0.5) is 5.69 Å². The van der Waals surface area contributed by atoms with Crippen molar-refractivity contribution in [3.63, 3.8) is 0 Å². The molecule has 0 fully saturated rings. The van der Waals surface area contributed by atoms with Crippen LogP contribution in [-0.2, 0) is 9.53 Å². The molecule has 0 unspecified atom stereocenters. The Morgan fingerprint density at radius 2 is 1.88 bits per heavy atom. The van der Waals surface area contributed by atoms with E-state index < -0.39 is 12.1 Å². The highest BCUT2D eigenvalue weighted by atomic mass is 79.9. The van der Waals surface area contributed by atoms with Gasteiger partial charge in [-0.15, -0.1) is 0 Å². The number of hydrogen-bond acceptors (Lipinski definition) is 4. The van der Waals surface area contributed by atoms with Gasteiger partial charge in [0, 0.05) is 5.69 Å². The standard InChI is InChI=1S/C18H20BrNO4/c1-10(2)13-7-5-6-11(3)16(13)20-17(21)12(4)23-18(22)14-8-9-15(19)24-14/h5-10,12H,1-4H3,(H,20,21)/t12-/m1/s1. The summed E-state index contributed by atoms with van der Waals surface area (Å²) < 4.78 is 10.7. The van der Waals surface area contributed by atoms with Gasteiger partial charge in [0.2, 0.25) is 5.76 Å². The summed E-state index contributed by atoms with van der Waals surface area (Å²) in [5, 5.41) is 2.87. The number of amides is 1. The van der Waals surface area contributed by atoms with E-state index in [2.05, 4.69) is 35.1 Å². The Balaban J connectivity index is 2.08. The molecule has 128 valence electrons. The van der Waals surface area contributed by atoms with Crippen LogP contribution >= 0.6 is 15.9 Å². The smallest absolute Gasteiger partial charge is 0.375 e. The van der Waals surface area contributed by atoms with E-state index in [1.807, 2.05) is 25.1 Å². The average Bonchev–Trinajstić information content (AvgIpc) is 2.95. The highest BCUT2D eigenvalue weighted by Crippen LogP contribution is 2.27. The van der Waals surface area contributed by atoms with Gasteiger partial charge in [0.25, 0.3) is 5.91 Å². The Labute approximate surface area is 149 Å². The highest BCUT2D eigenvalue weighted by Gasteiger charge is 2.22. The predicted octanol–water partition coefficient (Wildman–Crippen LogP) is 4.66. The molecule has 1 amide bonds. The maximum atomic E-state index is 12.4. The van der Waals surface area contributed by atoms with Gasteiger partial charge in [-0.25, -0.2) is 4.79 Å². The number of ether oxygens (including phenoxy) is 1. The van der Waals surface area contributed by atoms with Crippen LogP contribution in [0.5, 0.6) is 0 Å². The molecule has 0 radical (unpaired) electrons. The molecule has 6 heteroatoms. The predicted molar refractivity (Wildman–Crippen MR) is 95.2 cm³/mol. The van der Waals surface area contributed by atoms with Crippen molar-refractivity contribution in [2.45, 2.75) is 39.7 Å². The van der Waals surface area contributed by atoms with Crippen LogP contribution in [0, 0.1) is 6.92 Å². The lowest BCUT2D eigenvalue weighted by Crippen LogP contribution is -2.30. The molecule has 0 saturated heterocycles. The SMILES string of the molecule is Cc1cccc(C(C)C)c1NC(=O)[C@@H](C)OC(=O)c1ccc(Br)o1. The molecule has 0 spiro atoms. The quantitative estimate of drug-likeness (QED) is 0.750. The number of carbonyl (C=O) groups is 2. The zero-order valence-electron chi connectivity index (χ0n) is 14.1. The molecule has 1 N–H and O–H groups in total. The van der Waals surface area contributed by atoms with Gasteiger partial charge in [-0.1, -0.05) is 32.0 Å². The third-order valence-electron chi connectivity index (χ3n) is 3.60. The molecule has 1 aromatic carbocycles. The monoisotopic (exact) mass is 393 g/mol. The van der Waals surface area contributed by atoms with Gasteiger partial charge in [0.1, 0.15) is 0 Å². The first-order valence-electron chi connectivity index (χ1n) is 7.66. The zero-order chi connectivity index (χ0) is 17.9. The molecular weight excluding hydrogens is 374 g/mol. The Morgan fingerprint density at radius 3 is 2.46 bits per heavy atom. The van der Waals surface area contributed by atoms with E-state index in [9.17, 15) is 9.59 Å². The minimum atomic E-state index is -0.944. The van der Waals surface area contributed by atoms with Crippen LogP contribution in [0.1, 0.15) is 48.4 Å². The van der Waals surface area contributed by atoms with Crippen LogP contribution in [0.25, 0.3) is 0 Å². The van der Waals surface area contributed by atoms with Gasteiger partial charge in [-0.2, -0.15) is 0 Å². The van der Waals surface area contributed by atoms with E-state index in [1.165, 1.54) is 13.0 Å². The van der Waals surface area contributed by atoms with E-state index >= 15 is 0 Å². The summed E-state index contributed by atoms with van der Waals surface area (Å²) in [4.78, 5) is 24.3. The summed E-state index contributed by atoms with van der Waals surface area (Å²) in [5.74, 6) is -0.763. The van der Waals surface area contributed by atoms with Crippen molar-refractivity contribution in [2.75, 3.05) is 5.32 Å². The van der Waals surface area contributed by atoms with Crippen molar-refractivity contribution in [3.8, 4) is 0 Å². The fraction of sp³-hybridized carbons (Fsp3) is 0.333. The molecule has 0 aliphatic heterocycles. The summed E-state index contributed by atoms with van der Waals surface area (Å²) in [6, 6.07) is 8.93. The van der Waals surface area contributed by atoms with E-state index in [4.69, 9.17) is 9.15 Å². The van der Waals surface area contributed by atoms with Crippen LogP contribution in [-0.4, -0.2) is 18.0 Å². The molecule has 2 aromatic rings. The number of nitrogens with one attached hydrogen (secondary N) is 1. The number of hydrogen-bond donors (Lipinski definition) is 1. The van der Waals surface area contributed by atoms with Crippen molar-refractivity contribution in [1.82, 2.24) is 0 Å². The molecule has 0 aliphatic rings. The van der Waals surface area contributed by atoms with Crippen LogP contribution in [0.3, 0.4) is 0 Å². The van der Waals surface area contributed by atoms with Crippen molar-refractivity contribution in [1.29, 1.82) is 0 Å². The molecule has 0 saturated carbocycles. The number of anilines is 1. The zero-order valence-corrected chi connectivity index (χ0v) is 15.6. The number of carbonyl (C=O) groups excluding carboxylic acids is 2. The lowest BCUT2D eigenvalue weighted by atomic mass is 9.98. The van der Waals surface area contributed by atoms with Gasteiger partial charge < -0.3 is 14.5 Å². The Hall–Kier alpha value is -2.08. The van der Waals surface area contributed by atoms with Crippen molar-refractivity contribution >= 4 is 33.5 Å². The first kappa shape index (κ1) is 18.3. The summed E-state index contributed by atoms with van der Waals surface area (Å²) in [5.41, 5.74) is 2.76. The van der Waals surface area contributed by atoms with Crippen molar-refractivity contribution in [3.05, 3.63) is 51.9 Å². The second kappa shape index (κ2) is 7.66. The van der Waals surface area contributed by atoms with Crippen molar-refractivity contribution < 1.29 is 18.7 Å². The molecule has 5 nitrogen and oxygen atoms in total. The van der Waals surface area contributed by atoms with Gasteiger partial charge in [0.15, 0.2) is 10.8 Å². The minimum Gasteiger partial charge on any atom is -0.447 e. The maximum absolute atomic E-state index is 12.4. The Bertz CT molecular complexity index is 751. The number of para-hydroxylation sites is 1. The highest BCUT2D eigenvalue weighted by molar-refractivity contribution is 9.10. The number of esters is 1. The van der Waals surface area contributed by atoms with E-state index in [0.29, 0.717) is 4.67 Å². The van der Waals surface area contributed by atoms with Crippen LogP contribution in [0.2, 0.25) is 0 Å². The Morgan fingerprint density at radius 1 is 1.17 bits per heavy atom. The van der Waals surface area contributed by atoms with E-state index in [-0.39, 0.29) is 17.6 Å². The third-order valence-corrected chi connectivity index (χ3v) is 4.03. The molecule has 0 bridgehead atoms. The topological polar surface area (TPSA) is 68.5 Å². The van der Waals surface area contributed by atoms with Crippen LogP contribution in [0.15, 0.2) is 39.4 Å². The normalized spacial score (nSPS) is 12.1. The van der Waals surface area contributed by atoms with E-state index in [0.717, 1.165) is 16.8 Å². The largest absolute Gasteiger partial charge is 0.447 e. The second-order valence-corrected chi connectivity index (χ2v) is 6.62. The third kappa shape index (κ3) is 4.26. The van der Waals surface area contributed by atoms with Gasteiger partial charge in [-0.05, 0) is 59.0 Å². The molecular formula is C18H20BrNO4. The number of rotatable bonds is 5. The first-order chi connectivity index (χ1) is 11.3. The molecule has 0 aliphatic carbocycles. The lowest BCUT2D eigenvalue weighted by molar-refractivity contribution is -0.123. The van der Waals surface area contributed by atoms with Crippen molar-refractivity contribution in [2.24, 2.45) is 0 Å². The second-order valence-electron chi connectivity index (χ2n) is 5.83. The van der Waals surface area contributed by atoms with Gasteiger partial charge in [0.05, 0.1) is 0 Å². The summed E-state index contributed by atoms with van der Waals surface area (Å²) in [7, 11) is 0. The molecule has 2 rings (SSSR count). The number of halogens is 1. The molecule has 24 heavy (non-hydrogen) atoms. The maximum Gasteiger partial charge on any atom is 0.375 e. The summed E-state index contributed by atoms with van der Waals surface area (Å²) in [6.07, 6.45) is -0.944. The lowest BCUT2D eigenvalue weighted by Gasteiger charge is -2.18. The minimum absolute atomic E-state index is 0.0419. The fourth-order valence-corrected chi connectivity index (χ4v) is 2.57. The molecule has 1 atom stereocenters. The van der Waals surface area contributed by atoms with Gasteiger partial charge in [-0.3, -0.25) is 4.79 Å². The fourth-order valence-electron chi connectivity index (χ4n) is 2.26. The first-order valence-corrected chi connectivity index (χ1v) is 8.45. The number of furan rings is 1. The van der Waals surface area contributed by atoms with Gasteiger partial charge >= 0.3 is 5.97 Å². The van der Waals surface area contributed by atoms with E-state index in [1.54, 1.807) is 6.07 Å². The average molecular weight is 394 g/mol. The summed E-state index contributed by atoms with van der Waals surface area (Å²) >= 11 is 3.12. The number of aryl methyl sites for hydroxylation is 1. The number of benzene rings is 1. The Kier molecular flexibility index (Phi) is 5.83. The molecule has 1 aromatic heterocycles. The van der Waals surface area contributed by atoms with Crippen LogP contribution < -0.4 is 5.32 Å². The summed E-state index contributed by atoms with van der Waals surface area (Å²) in [6.45, 7) is 7.57. The molecule has 1 heterocycles.